The largest absolute Gasteiger partial charge is 0.453 e. The Hall–Kier alpha value is -2.20. The number of carbonyl (C=O) groups is 1. The quantitative estimate of drug-likeness (QED) is 0.873. The van der Waals surface area contributed by atoms with E-state index in [2.05, 4.69) is 11.7 Å². The number of anilines is 1. The molecule has 2 aliphatic rings. The molecule has 1 aliphatic carbocycles. The highest BCUT2D eigenvalue weighted by atomic mass is 35.5. The molecule has 0 amide bonds. The number of allylic oxidation sites excluding steroid dienone is 3. The van der Waals surface area contributed by atoms with E-state index in [1.807, 2.05) is 24.3 Å². The van der Waals surface area contributed by atoms with Crippen molar-refractivity contribution < 1.29 is 9.53 Å². The topological polar surface area (TPSA) is 45.3 Å². The number of nitrogens with one attached hydrogen (secondary N) is 1. The molecule has 2 heterocycles. The number of ketones is 1. The first-order chi connectivity index (χ1) is 9.75. The summed E-state index contributed by atoms with van der Waals surface area (Å²) in [5.41, 5.74) is 1.38. The minimum absolute atomic E-state index is 0.0118. The average molecular weight is 285 g/mol. The summed E-state index contributed by atoms with van der Waals surface area (Å²) in [7, 11) is 0. The second kappa shape index (κ2) is 4.15. The summed E-state index contributed by atoms with van der Waals surface area (Å²) in [6, 6.07) is 7.69. The number of ether oxygens (including phenoxy) is 1. The van der Waals surface area contributed by atoms with Gasteiger partial charge in [-0.1, -0.05) is 35.9 Å². The van der Waals surface area contributed by atoms with Gasteiger partial charge < -0.3 is 9.72 Å². The van der Waals surface area contributed by atoms with Crippen molar-refractivity contribution in [2.75, 3.05) is 4.90 Å². The first-order valence-corrected chi connectivity index (χ1v) is 6.56. The van der Waals surface area contributed by atoms with Crippen molar-refractivity contribution in [2.24, 2.45) is 0 Å². The lowest BCUT2D eigenvalue weighted by Crippen LogP contribution is -2.22. The van der Waals surface area contributed by atoms with Crippen molar-refractivity contribution >= 4 is 34.1 Å². The van der Waals surface area contributed by atoms with Crippen LogP contribution in [-0.2, 0) is 9.53 Å². The maximum absolute atomic E-state index is 12.1. The lowest BCUT2D eigenvalue weighted by molar-refractivity contribution is -0.114. The van der Waals surface area contributed by atoms with Gasteiger partial charge >= 0.3 is 6.73 Å². The molecular weight excluding hydrogens is 276 g/mol. The van der Waals surface area contributed by atoms with E-state index in [1.54, 1.807) is 17.1 Å². The number of fused-ring (bicyclic) bond motifs is 1. The van der Waals surface area contributed by atoms with Gasteiger partial charge in [-0.2, -0.15) is 0 Å². The van der Waals surface area contributed by atoms with Gasteiger partial charge in [0.1, 0.15) is 17.3 Å². The van der Waals surface area contributed by atoms with E-state index in [9.17, 15) is 4.79 Å². The molecule has 1 aromatic carbocycles. The monoisotopic (exact) mass is 284 g/mol. The molecule has 0 unspecified atom stereocenters. The van der Waals surface area contributed by atoms with Crippen molar-refractivity contribution in [3.05, 3.63) is 59.6 Å². The number of aromatic nitrogens is 1. The number of para-hydroxylation sites is 1. The zero-order valence-corrected chi connectivity index (χ0v) is 11.1. The average Bonchev–Trinajstić information content (AvgIpc) is 3.02. The number of Topliss-reactive ketones (excluding diaryl/α,β-unsaturated/α-hetero) is 1. The fraction of sp³-hybridized carbons (Fsp3) is 0.0667. The minimum Gasteiger partial charge on any atom is -0.453 e. The van der Waals surface area contributed by atoms with Crippen LogP contribution >= 0.6 is 11.6 Å². The summed E-state index contributed by atoms with van der Waals surface area (Å²) in [6.07, 6.45) is 3.91. The van der Waals surface area contributed by atoms with Crippen LogP contribution in [0.4, 0.5) is 5.82 Å². The number of benzene rings is 1. The predicted molar refractivity (Wildman–Crippen MR) is 75.9 cm³/mol. The van der Waals surface area contributed by atoms with Gasteiger partial charge in [-0.15, -0.1) is 0 Å². The summed E-state index contributed by atoms with van der Waals surface area (Å²) in [6.45, 7) is 2.72. The van der Waals surface area contributed by atoms with E-state index < -0.39 is 0 Å². The molecule has 20 heavy (non-hydrogen) atoms. The van der Waals surface area contributed by atoms with Gasteiger partial charge in [0.05, 0.1) is 5.02 Å². The third-order valence-corrected chi connectivity index (χ3v) is 3.77. The second-order valence-corrected chi connectivity index (χ2v) is 4.98. The van der Waals surface area contributed by atoms with E-state index in [-0.39, 0.29) is 5.78 Å². The third kappa shape index (κ3) is 1.51. The van der Waals surface area contributed by atoms with Crippen LogP contribution in [0.5, 0.6) is 0 Å². The van der Waals surface area contributed by atoms with E-state index in [0.717, 1.165) is 10.9 Å². The number of nitrogens with zero attached hydrogens (tertiary/aromatic N) is 1. The zero-order valence-electron chi connectivity index (χ0n) is 10.3. The van der Waals surface area contributed by atoms with Crippen molar-refractivity contribution in [3.63, 3.8) is 0 Å². The number of rotatable bonds is 1. The maximum atomic E-state index is 12.1. The van der Waals surface area contributed by atoms with Crippen LogP contribution in [0, 0.1) is 6.73 Å². The Morgan fingerprint density at radius 2 is 2.20 bits per heavy atom. The van der Waals surface area contributed by atoms with Crippen molar-refractivity contribution in [1.82, 2.24) is 4.98 Å². The normalized spacial score (nSPS) is 17.9. The highest BCUT2D eigenvalue weighted by Crippen LogP contribution is 2.40. The first-order valence-electron chi connectivity index (χ1n) is 6.18. The Morgan fingerprint density at radius 3 is 3.05 bits per heavy atom. The lowest BCUT2D eigenvalue weighted by atomic mass is 10.1. The minimum atomic E-state index is -0.0118. The zero-order chi connectivity index (χ0) is 13.7. The molecule has 0 saturated carbocycles. The molecule has 2 aromatic rings. The molecule has 98 valence electrons. The fourth-order valence-electron chi connectivity index (χ4n) is 2.45. The summed E-state index contributed by atoms with van der Waals surface area (Å²) in [5.74, 6) is 1.10. The summed E-state index contributed by atoms with van der Waals surface area (Å²) in [4.78, 5) is 16.8. The molecule has 0 spiro atoms. The Bertz CT molecular complexity index is 788. The molecule has 1 N–H and O–H groups in total. The Labute approximate surface area is 120 Å². The van der Waals surface area contributed by atoms with Gasteiger partial charge in [0.25, 0.3) is 0 Å². The fourth-order valence-corrected chi connectivity index (χ4v) is 2.75. The molecule has 1 aliphatic heterocycles. The van der Waals surface area contributed by atoms with Crippen LogP contribution in [0.3, 0.4) is 0 Å². The molecule has 5 heteroatoms. The molecular formula is C15H9ClN2O2. The van der Waals surface area contributed by atoms with E-state index in [1.165, 1.54) is 0 Å². The van der Waals surface area contributed by atoms with Crippen LogP contribution in [0.1, 0.15) is 6.42 Å². The smallest absolute Gasteiger partial charge is 0.321 e. The summed E-state index contributed by atoms with van der Waals surface area (Å²) >= 11 is 6.40. The lowest BCUT2D eigenvalue weighted by Gasteiger charge is -2.16. The SMILES string of the molecule is O=C1CC=CC2=C1N(c1[nH]c3ccccc3c1Cl)[C]O2. The van der Waals surface area contributed by atoms with Crippen LogP contribution in [0.25, 0.3) is 10.9 Å². The molecule has 0 bridgehead atoms. The van der Waals surface area contributed by atoms with Crippen molar-refractivity contribution in [1.29, 1.82) is 0 Å². The molecule has 0 fully saturated rings. The van der Waals surface area contributed by atoms with Crippen LogP contribution < -0.4 is 4.90 Å². The van der Waals surface area contributed by atoms with Gasteiger partial charge in [0, 0.05) is 17.3 Å². The Kier molecular flexibility index (Phi) is 2.41. The van der Waals surface area contributed by atoms with Crippen LogP contribution in [0.15, 0.2) is 47.9 Å². The molecule has 1 aromatic heterocycles. The molecule has 2 radical (unpaired) electrons. The summed E-state index contributed by atoms with van der Waals surface area (Å²) < 4.78 is 5.31. The molecule has 0 atom stereocenters. The third-order valence-electron chi connectivity index (χ3n) is 3.39. The van der Waals surface area contributed by atoms with Crippen molar-refractivity contribution in [3.8, 4) is 0 Å². The van der Waals surface area contributed by atoms with Gasteiger partial charge in [-0.25, -0.2) is 0 Å². The van der Waals surface area contributed by atoms with Crippen LogP contribution in [-0.4, -0.2) is 10.8 Å². The summed E-state index contributed by atoms with van der Waals surface area (Å²) in [5, 5.41) is 1.45. The number of carbonyl (C=O) groups excluding carboxylic acids is 1. The van der Waals surface area contributed by atoms with Gasteiger partial charge in [0.15, 0.2) is 5.78 Å². The number of H-pyrrole nitrogens is 1. The number of halogens is 1. The standard InChI is InChI=1S/C15H9ClN2O2/c16-13-9-4-1-2-5-10(9)17-15(13)18-8-20-12-7-3-6-11(19)14(12)18/h1-5,7,17H,6H2. The van der Waals surface area contributed by atoms with E-state index in [0.29, 0.717) is 28.7 Å². The number of hydrogen-bond donors (Lipinski definition) is 1. The van der Waals surface area contributed by atoms with E-state index in [4.69, 9.17) is 16.3 Å². The first kappa shape index (κ1) is 11.6. The predicted octanol–water partition coefficient (Wildman–Crippen LogP) is 3.39. The second-order valence-electron chi connectivity index (χ2n) is 4.60. The number of hydrogen-bond acceptors (Lipinski definition) is 3. The van der Waals surface area contributed by atoms with Crippen LogP contribution in [0.2, 0.25) is 5.02 Å². The molecule has 4 rings (SSSR count). The van der Waals surface area contributed by atoms with Gasteiger partial charge in [-0.05, 0) is 12.1 Å². The van der Waals surface area contributed by atoms with E-state index >= 15 is 0 Å². The molecule has 4 nitrogen and oxygen atoms in total. The Balaban J connectivity index is 1.88. The maximum Gasteiger partial charge on any atom is 0.321 e. The van der Waals surface area contributed by atoms with Gasteiger partial charge in [0.2, 0.25) is 0 Å². The highest BCUT2D eigenvalue weighted by Gasteiger charge is 2.34. The molecule has 0 saturated heterocycles. The van der Waals surface area contributed by atoms with Crippen molar-refractivity contribution in [2.45, 2.75) is 6.42 Å². The number of aromatic amines is 1. The highest BCUT2D eigenvalue weighted by molar-refractivity contribution is 6.38. The van der Waals surface area contributed by atoms with Gasteiger partial charge in [-0.3, -0.25) is 9.69 Å². The Morgan fingerprint density at radius 1 is 1.35 bits per heavy atom.